The summed E-state index contributed by atoms with van der Waals surface area (Å²) in [7, 11) is 1.63. The molecule has 0 unspecified atom stereocenters. The van der Waals surface area contributed by atoms with Crippen molar-refractivity contribution in [2.45, 2.75) is 19.1 Å². The molecule has 2 rings (SSSR count). The van der Waals surface area contributed by atoms with Crippen LogP contribution in [0.25, 0.3) is 0 Å². The molecule has 2 N–H and O–H groups in total. The van der Waals surface area contributed by atoms with Gasteiger partial charge in [-0.05, 0) is 29.7 Å². The average Bonchev–Trinajstić information content (AvgIpc) is 2.54. The molecule has 2 aromatic carbocycles. The predicted molar refractivity (Wildman–Crippen MR) is 85.5 cm³/mol. The van der Waals surface area contributed by atoms with Crippen LogP contribution in [0.3, 0.4) is 0 Å². The molecule has 110 valence electrons. The van der Waals surface area contributed by atoms with Crippen LogP contribution in [0.1, 0.15) is 23.6 Å². The number of ether oxygens (including phenoxy) is 2. The fourth-order valence-electron chi connectivity index (χ4n) is 2.09. The van der Waals surface area contributed by atoms with Gasteiger partial charge in [0.1, 0.15) is 6.61 Å². The molecule has 0 fully saturated rings. The second kappa shape index (κ2) is 7.50. The van der Waals surface area contributed by atoms with Crippen LogP contribution in [0.5, 0.6) is 11.5 Å². The van der Waals surface area contributed by atoms with Crippen molar-refractivity contribution in [1.82, 2.24) is 0 Å². The summed E-state index contributed by atoms with van der Waals surface area (Å²) < 4.78 is 11.2. The van der Waals surface area contributed by atoms with Crippen LogP contribution in [0.2, 0.25) is 0 Å². The van der Waals surface area contributed by atoms with E-state index in [9.17, 15) is 0 Å². The highest BCUT2D eigenvalue weighted by Gasteiger charge is 2.10. The van der Waals surface area contributed by atoms with E-state index in [1.54, 1.807) is 7.11 Å². The van der Waals surface area contributed by atoms with E-state index in [1.807, 2.05) is 54.6 Å². The Morgan fingerprint density at radius 2 is 1.90 bits per heavy atom. The lowest BCUT2D eigenvalue weighted by molar-refractivity contribution is 0.284. The third-order valence-corrected chi connectivity index (χ3v) is 3.27. The summed E-state index contributed by atoms with van der Waals surface area (Å²) in [5, 5.41) is 0. The Bertz CT molecular complexity index is 581. The standard InChI is InChI=1S/C18H21NO2/c1-3-7-16(19)15-10-11-17(18(12-15)20-2)21-13-14-8-5-4-6-9-14/h3-6,8-12,16H,1,7,13,19H2,2H3/t16-/m0/s1. The summed E-state index contributed by atoms with van der Waals surface area (Å²) in [6.45, 7) is 4.22. The molecule has 0 saturated carbocycles. The van der Waals surface area contributed by atoms with Gasteiger partial charge >= 0.3 is 0 Å². The summed E-state index contributed by atoms with van der Waals surface area (Å²) in [6, 6.07) is 15.8. The zero-order chi connectivity index (χ0) is 15.1. The Labute approximate surface area is 126 Å². The fraction of sp³-hybridized carbons (Fsp3) is 0.222. The smallest absolute Gasteiger partial charge is 0.161 e. The van der Waals surface area contributed by atoms with E-state index >= 15 is 0 Å². The fourth-order valence-corrected chi connectivity index (χ4v) is 2.09. The predicted octanol–water partition coefficient (Wildman–Crippen LogP) is 3.85. The maximum Gasteiger partial charge on any atom is 0.161 e. The summed E-state index contributed by atoms with van der Waals surface area (Å²) in [5.74, 6) is 1.42. The molecule has 0 saturated heterocycles. The monoisotopic (exact) mass is 283 g/mol. The van der Waals surface area contributed by atoms with Crippen LogP contribution < -0.4 is 15.2 Å². The summed E-state index contributed by atoms with van der Waals surface area (Å²) in [4.78, 5) is 0. The third kappa shape index (κ3) is 4.10. The first kappa shape index (κ1) is 15.1. The van der Waals surface area contributed by atoms with Crippen molar-refractivity contribution in [2.24, 2.45) is 5.73 Å². The highest BCUT2D eigenvalue weighted by Crippen LogP contribution is 2.31. The Kier molecular flexibility index (Phi) is 5.41. The van der Waals surface area contributed by atoms with Gasteiger partial charge < -0.3 is 15.2 Å². The molecule has 0 aliphatic carbocycles. The normalized spacial score (nSPS) is 11.7. The lowest BCUT2D eigenvalue weighted by atomic mass is 10.0. The van der Waals surface area contributed by atoms with Gasteiger partial charge in [-0.3, -0.25) is 0 Å². The van der Waals surface area contributed by atoms with Crippen molar-refractivity contribution in [3.05, 3.63) is 72.3 Å². The van der Waals surface area contributed by atoms with Crippen molar-refractivity contribution in [2.75, 3.05) is 7.11 Å². The van der Waals surface area contributed by atoms with E-state index in [0.29, 0.717) is 12.4 Å². The van der Waals surface area contributed by atoms with Crippen molar-refractivity contribution >= 4 is 0 Å². The number of hydrogen-bond acceptors (Lipinski definition) is 3. The summed E-state index contributed by atoms with van der Waals surface area (Å²) in [6.07, 6.45) is 2.55. The molecule has 0 radical (unpaired) electrons. The number of rotatable bonds is 7. The SMILES string of the molecule is C=CC[C@H](N)c1ccc(OCc2ccccc2)c(OC)c1. The van der Waals surface area contributed by atoms with Gasteiger partial charge in [-0.1, -0.05) is 42.5 Å². The lowest BCUT2D eigenvalue weighted by Gasteiger charge is -2.15. The molecule has 1 atom stereocenters. The maximum absolute atomic E-state index is 6.08. The molecule has 0 aromatic heterocycles. The Morgan fingerprint density at radius 3 is 2.57 bits per heavy atom. The van der Waals surface area contributed by atoms with Gasteiger partial charge in [-0.2, -0.15) is 0 Å². The minimum atomic E-state index is -0.0698. The number of hydrogen-bond donors (Lipinski definition) is 1. The largest absolute Gasteiger partial charge is 0.493 e. The molecule has 21 heavy (non-hydrogen) atoms. The second-order valence-electron chi connectivity index (χ2n) is 4.82. The highest BCUT2D eigenvalue weighted by molar-refractivity contribution is 5.44. The van der Waals surface area contributed by atoms with Crippen molar-refractivity contribution in [3.63, 3.8) is 0 Å². The molecule has 0 aliphatic heterocycles. The van der Waals surface area contributed by atoms with Gasteiger partial charge in [0.15, 0.2) is 11.5 Å². The molecule has 3 heteroatoms. The van der Waals surface area contributed by atoms with Crippen LogP contribution in [0, 0.1) is 0 Å². The summed E-state index contributed by atoms with van der Waals surface area (Å²) >= 11 is 0. The highest BCUT2D eigenvalue weighted by atomic mass is 16.5. The first-order valence-electron chi connectivity index (χ1n) is 6.95. The lowest BCUT2D eigenvalue weighted by Crippen LogP contribution is -2.09. The van der Waals surface area contributed by atoms with E-state index < -0.39 is 0 Å². The van der Waals surface area contributed by atoms with Crippen LogP contribution >= 0.6 is 0 Å². The molecule has 0 aliphatic rings. The van der Waals surface area contributed by atoms with Crippen LogP contribution in [-0.4, -0.2) is 7.11 Å². The van der Waals surface area contributed by atoms with E-state index in [2.05, 4.69) is 6.58 Å². The van der Waals surface area contributed by atoms with Crippen LogP contribution in [0.4, 0.5) is 0 Å². The second-order valence-corrected chi connectivity index (χ2v) is 4.82. The Hall–Kier alpha value is -2.26. The van der Waals surface area contributed by atoms with Gasteiger partial charge in [-0.25, -0.2) is 0 Å². The van der Waals surface area contributed by atoms with Crippen molar-refractivity contribution in [3.8, 4) is 11.5 Å². The third-order valence-electron chi connectivity index (χ3n) is 3.27. The summed E-state index contributed by atoms with van der Waals surface area (Å²) in [5.41, 5.74) is 8.21. The first-order valence-corrected chi connectivity index (χ1v) is 6.95. The average molecular weight is 283 g/mol. The molecule has 0 bridgehead atoms. The number of nitrogens with two attached hydrogens (primary N) is 1. The molecule has 0 amide bonds. The maximum atomic E-state index is 6.08. The van der Waals surface area contributed by atoms with Crippen LogP contribution in [-0.2, 0) is 6.61 Å². The first-order chi connectivity index (χ1) is 10.2. The van der Waals surface area contributed by atoms with Crippen LogP contribution in [0.15, 0.2) is 61.2 Å². The van der Waals surface area contributed by atoms with Gasteiger partial charge in [0, 0.05) is 6.04 Å². The zero-order valence-electron chi connectivity index (χ0n) is 12.3. The van der Waals surface area contributed by atoms with E-state index in [-0.39, 0.29) is 6.04 Å². The Balaban J connectivity index is 2.11. The molecule has 0 heterocycles. The van der Waals surface area contributed by atoms with Gasteiger partial charge in [-0.15, -0.1) is 6.58 Å². The van der Waals surface area contributed by atoms with Crippen molar-refractivity contribution in [1.29, 1.82) is 0 Å². The number of methoxy groups -OCH3 is 1. The van der Waals surface area contributed by atoms with E-state index in [0.717, 1.165) is 23.3 Å². The zero-order valence-corrected chi connectivity index (χ0v) is 12.3. The van der Waals surface area contributed by atoms with Crippen molar-refractivity contribution < 1.29 is 9.47 Å². The molecular weight excluding hydrogens is 262 g/mol. The minimum absolute atomic E-state index is 0.0698. The molecule has 0 spiro atoms. The topological polar surface area (TPSA) is 44.5 Å². The Morgan fingerprint density at radius 1 is 1.14 bits per heavy atom. The van der Waals surface area contributed by atoms with Gasteiger partial charge in [0.05, 0.1) is 7.11 Å². The van der Waals surface area contributed by atoms with E-state index in [1.165, 1.54) is 0 Å². The molecule has 3 nitrogen and oxygen atoms in total. The minimum Gasteiger partial charge on any atom is -0.493 e. The molecular formula is C18H21NO2. The quantitative estimate of drug-likeness (QED) is 0.785. The number of benzene rings is 2. The van der Waals surface area contributed by atoms with E-state index in [4.69, 9.17) is 15.2 Å². The van der Waals surface area contributed by atoms with Gasteiger partial charge in [0.25, 0.3) is 0 Å². The van der Waals surface area contributed by atoms with Gasteiger partial charge in [0.2, 0.25) is 0 Å². The molecule has 2 aromatic rings.